The number of unbranched alkanes of at least 4 members (excludes halogenated alkanes) is 1. The van der Waals surface area contributed by atoms with Crippen molar-refractivity contribution >= 4 is 6.09 Å². The normalized spacial score (nSPS) is 19.1. The Kier molecular flexibility index (Phi) is 6.23. The van der Waals surface area contributed by atoms with E-state index >= 15 is 0 Å². The number of ether oxygens (including phenoxy) is 1. The van der Waals surface area contributed by atoms with Crippen LogP contribution < -0.4 is 11.1 Å². The highest BCUT2D eigenvalue weighted by Gasteiger charge is 2.22. The highest BCUT2D eigenvalue weighted by Crippen LogP contribution is 2.24. The average molecular weight is 228 g/mol. The molecule has 1 saturated carbocycles. The zero-order valence-corrected chi connectivity index (χ0v) is 10.2. The van der Waals surface area contributed by atoms with Gasteiger partial charge in [-0.05, 0) is 25.2 Å². The number of amides is 1. The molecule has 0 heterocycles. The van der Waals surface area contributed by atoms with Crippen LogP contribution in [0, 0.1) is 5.92 Å². The summed E-state index contributed by atoms with van der Waals surface area (Å²) in [5.41, 5.74) is 5.94. The molecule has 0 bridgehead atoms. The molecule has 3 N–H and O–H groups in total. The topological polar surface area (TPSA) is 64.3 Å². The highest BCUT2D eigenvalue weighted by molar-refractivity contribution is 5.67. The van der Waals surface area contributed by atoms with Gasteiger partial charge < -0.3 is 15.8 Å². The van der Waals surface area contributed by atoms with E-state index in [-0.39, 0.29) is 12.3 Å². The van der Waals surface area contributed by atoms with Gasteiger partial charge in [-0.15, -0.1) is 0 Å². The third-order valence-corrected chi connectivity index (χ3v) is 3.17. The summed E-state index contributed by atoms with van der Waals surface area (Å²) >= 11 is 0. The van der Waals surface area contributed by atoms with Crippen LogP contribution in [-0.2, 0) is 4.74 Å². The van der Waals surface area contributed by atoms with Crippen molar-refractivity contribution in [2.45, 2.75) is 58.0 Å². The molecule has 0 saturated heterocycles. The number of hydrogen-bond donors (Lipinski definition) is 2. The van der Waals surface area contributed by atoms with E-state index in [2.05, 4.69) is 12.2 Å². The van der Waals surface area contributed by atoms with Gasteiger partial charge in [0.15, 0.2) is 0 Å². The maximum absolute atomic E-state index is 11.4. The summed E-state index contributed by atoms with van der Waals surface area (Å²) in [5, 5.41) is 2.73. The fraction of sp³-hybridized carbons (Fsp3) is 0.917. The van der Waals surface area contributed by atoms with E-state index in [0.717, 1.165) is 25.7 Å². The van der Waals surface area contributed by atoms with E-state index in [4.69, 9.17) is 10.5 Å². The molecule has 0 aromatic carbocycles. The zero-order valence-electron chi connectivity index (χ0n) is 10.2. The largest absolute Gasteiger partial charge is 0.450 e. The van der Waals surface area contributed by atoms with Crippen molar-refractivity contribution in [1.82, 2.24) is 5.32 Å². The number of alkyl carbamates (subject to hydrolysis) is 1. The lowest BCUT2D eigenvalue weighted by atomic mass is 9.87. The van der Waals surface area contributed by atoms with Crippen LogP contribution in [0.1, 0.15) is 51.9 Å². The number of rotatable bonds is 5. The van der Waals surface area contributed by atoms with Crippen LogP contribution in [-0.4, -0.2) is 18.9 Å². The highest BCUT2D eigenvalue weighted by atomic mass is 16.5. The Morgan fingerprint density at radius 2 is 2.12 bits per heavy atom. The van der Waals surface area contributed by atoms with Gasteiger partial charge in [-0.2, -0.15) is 0 Å². The standard InChI is InChI=1S/C12H24N2O2/c1-2-3-9-16-12(15)14-11(13)10-7-5-4-6-8-10/h10-11H,2-9,13H2,1H3,(H,14,15). The van der Waals surface area contributed by atoms with Crippen molar-refractivity contribution in [3.8, 4) is 0 Å². The van der Waals surface area contributed by atoms with E-state index in [0.29, 0.717) is 12.5 Å². The van der Waals surface area contributed by atoms with E-state index in [9.17, 15) is 4.79 Å². The summed E-state index contributed by atoms with van der Waals surface area (Å²) in [6.07, 6.45) is 7.32. The van der Waals surface area contributed by atoms with Gasteiger partial charge in [-0.25, -0.2) is 4.79 Å². The van der Waals surface area contributed by atoms with Crippen molar-refractivity contribution in [1.29, 1.82) is 0 Å². The Bertz CT molecular complexity index is 203. The molecule has 4 heteroatoms. The molecule has 0 spiro atoms. The van der Waals surface area contributed by atoms with Gasteiger partial charge in [0, 0.05) is 0 Å². The van der Waals surface area contributed by atoms with Crippen molar-refractivity contribution in [3.63, 3.8) is 0 Å². The van der Waals surface area contributed by atoms with Gasteiger partial charge in [0.1, 0.15) is 0 Å². The maximum atomic E-state index is 11.4. The first kappa shape index (κ1) is 13.3. The number of nitrogens with one attached hydrogen (secondary N) is 1. The van der Waals surface area contributed by atoms with Crippen LogP contribution in [0.3, 0.4) is 0 Å². The Morgan fingerprint density at radius 3 is 2.75 bits per heavy atom. The zero-order chi connectivity index (χ0) is 11.8. The SMILES string of the molecule is CCCCOC(=O)NC(N)C1CCCCC1. The maximum Gasteiger partial charge on any atom is 0.408 e. The van der Waals surface area contributed by atoms with Crippen molar-refractivity contribution in [2.75, 3.05) is 6.61 Å². The molecule has 0 radical (unpaired) electrons. The minimum Gasteiger partial charge on any atom is -0.450 e. The minimum absolute atomic E-state index is 0.241. The molecule has 0 aromatic heterocycles. The Labute approximate surface area is 97.9 Å². The van der Waals surface area contributed by atoms with Gasteiger partial charge in [-0.3, -0.25) is 0 Å². The van der Waals surface area contributed by atoms with Gasteiger partial charge in [0.25, 0.3) is 0 Å². The number of hydrogen-bond acceptors (Lipinski definition) is 3. The molecule has 16 heavy (non-hydrogen) atoms. The molecule has 1 fully saturated rings. The Hall–Kier alpha value is -0.770. The van der Waals surface area contributed by atoms with E-state index < -0.39 is 0 Å². The third kappa shape index (κ3) is 4.84. The smallest absolute Gasteiger partial charge is 0.408 e. The van der Waals surface area contributed by atoms with Gasteiger partial charge in [-0.1, -0.05) is 32.6 Å². The lowest BCUT2D eigenvalue weighted by Crippen LogP contribution is -2.47. The molecule has 1 aliphatic rings. The first-order valence-electron chi connectivity index (χ1n) is 6.43. The molecule has 4 nitrogen and oxygen atoms in total. The van der Waals surface area contributed by atoms with Crippen LogP contribution in [0.25, 0.3) is 0 Å². The Morgan fingerprint density at radius 1 is 1.44 bits per heavy atom. The van der Waals surface area contributed by atoms with Crippen LogP contribution >= 0.6 is 0 Å². The summed E-state index contributed by atoms with van der Waals surface area (Å²) < 4.78 is 5.01. The fourth-order valence-corrected chi connectivity index (χ4v) is 2.10. The van der Waals surface area contributed by atoms with Crippen molar-refractivity contribution in [3.05, 3.63) is 0 Å². The molecule has 1 unspecified atom stereocenters. The van der Waals surface area contributed by atoms with Gasteiger partial charge in [0.05, 0.1) is 12.8 Å². The second-order valence-corrected chi connectivity index (χ2v) is 4.56. The predicted octanol–water partition coefficient (Wildman–Crippen LogP) is 2.38. The van der Waals surface area contributed by atoms with E-state index in [1.807, 2.05) is 0 Å². The predicted molar refractivity (Wildman–Crippen MR) is 63.9 cm³/mol. The lowest BCUT2D eigenvalue weighted by Gasteiger charge is -2.27. The van der Waals surface area contributed by atoms with Crippen LogP contribution in [0.2, 0.25) is 0 Å². The molecule has 1 atom stereocenters. The Balaban J connectivity index is 2.16. The molecule has 0 aliphatic heterocycles. The van der Waals surface area contributed by atoms with Crippen LogP contribution in [0.15, 0.2) is 0 Å². The van der Waals surface area contributed by atoms with Crippen molar-refractivity contribution in [2.24, 2.45) is 11.7 Å². The minimum atomic E-state index is -0.369. The summed E-state index contributed by atoms with van der Waals surface area (Å²) in [7, 11) is 0. The quantitative estimate of drug-likeness (QED) is 0.561. The monoisotopic (exact) mass is 228 g/mol. The second kappa shape index (κ2) is 7.49. The van der Waals surface area contributed by atoms with Crippen LogP contribution in [0.4, 0.5) is 4.79 Å². The summed E-state index contributed by atoms with van der Waals surface area (Å²) in [6.45, 7) is 2.55. The molecular formula is C12H24N2O2. The summed E-state index contributed by atoms with van der Waals surface area (Å²) in [4.78, 5) is 11.4. The molecule has 94 valence electrons. The third-order valence-electron chi connectivity index (χ3n) is 3.17. The first-order chi connectivity index (χ1) is 7.74. The lowest BCUT2D eigenvalue weighted by molar-refractivity contribution is 0.134. The van der Waals surface area contributed by atoms with Crippen molar-refractivity contribution < 1.29 is 9.53 Å². The van der Waals surface area contributed by atoms with Crippen LogP contribution in [0.5, 0.6) is 0 Å². The number of nitrogens with two attached hydrogens (primary N) is 1. The average Bonchev–Trinajstić information content (AvgIpc) is 2.30. The summed E-state index contributed by atoms with van der Waals surface area (Å²) in [6, 6.07) is 0. The fourth-order valence-electron chi connectivity index (χ4n) is 2.10. The number of carbonyl (C=O) groups excluding carboxylic acids is 1. The molecule has 0 aromatic rings. The second-order valence-electron chi connectivity index (χ2n) is 4.56. The van der Waals surface area contributed by atoms with E-state index in [1.54, 1.807) is 0 Å². The van der Waals surface area contributed by atoms with Gasteiger partial charge in [0.2, 0.25) is 0 Å². The molecule has 1 rings (SSSR count). The molecule has 1 amide bonds. The molecular weight excluding hydrogens is 204 g/mol. The molecule has 1 aliphatic carbocycles. The number of carbonyl (C=O) groups is 1. The van der Waals surface area contributed by atoms with Gasteiger partial charge >= 0.3 is 6.09 Å². The first-order valence-corrected chi connectivity index (χ1v) is 6.43. The van der Waals surface area contributed by atoms with E-state index in [1.165, 1.54) is 19.3 Å². The summed E-state index contributed by atoms with van der Waals surface area (Å²) in [5.74, 6) is 0.424.